The number of anilines is 1. The van der Waals surface area contributed by atoms with Gasteiger partial charge in [-0.25, -0.2) is 17.9 Å². The van der Waals surface area contributed by atoms with Crippen LogP contribution >= 0.6 is 0 Å². The standard InChI is InChI=1S/C12H16N2O5S/c1-19-12(16)10-4-7(13)2-3-11(10)20(17,18)14-8-5-9(15)6-8/h2-4,8-9,14-15H,5-6,13H2,1H3. The van der Waals surface area contributed by atoms with Gasteiger partial charge in [-0.05, 0) is 31.0 Å². The van der Waals surface area contributed by atoms with Gasteiger partial charge in [0.2, 0.25) is 10.0 Å². The summed E-state index contributed by atoms with van der Waals surface area (Å²) in [5.41, 5.74) is 5.72. The Kier molecular flexibility index (Phi) is 3.98. The maximum absolute atomic E-state index is 12.3. The quantitative estimate of drug-likeness (QED) is 0.526. The molecule has 0 atom stereocenters. The SMILES string of the molecule is COC(=O)c1cc(N)ccc1S(=O)(=O)NC1CC(O)C1. The minimum atomic E-state index is -3.86. The summed E-state index contributed by atoms with van der Waals surface area (Å²) in [5.74, 6) is -0.772. The molecule has 1 saturated carbocycles. The van der Waals surface area contributed by atoms with Crippen molar-refractivity contribution in [2.24, 2.45) is 0 Å². The van der Waals surface area contributed by atoms with Crippen molar-refractivity contribution in [2.75, 3.05) is 12.8 Å². The van der Waals surface area contributed by atoms with E-state index in [1.807, 2.05) is 0 Å². The Balaban J connectivity index is 2.33. The molecule has 7 nitrogen and oxygen atoms in total. The summed E-state index contributed by atoms with van der Waals surface area (Å²) in [6.07, 6.45) is 0.248. The topological polar surface area (TPSA) is 119 Å². The first-order valence-electron chi connectivity index (χ1n) is 6.01. The molecular weight excluding hydrogens is 284 g/mol. The molecule has 1 aliphatic rings. The van der Waals surface area contributed by atoms with E-state index in [0.29, 0.717) is 12.8 Å². The summed E-state index contributed by atoms with van der Waals surface area (Å²) >= 11 is 0. The van der Waals surface area contributed by atoms with E-state index in [1.165, 1.54) is 18.2 Å². The van der Waals surface area contributed by atoms with E-state index in [0.717, 1.165) is 7.11 Å². The van der Waals surface area contributed by atoms with Gasteiger partial charge in [-0.15, -0.1) is 0 Å². The van der Waals surface area contributed by atoms with Gasteiger partial charge in [0.05, 0.1) is 23.7 Å². The number of hydrogen-bond acceptors (Lipinski definition) is 6. The fourth-order valence-electron chi connectivity index (χ4n) is 2.02. The third-order valence-corrected chi connectivity index (χ3v) is 4.71. The summed E-state index contributed by atoms with van der Waals surface area (Å²) in [6.45, 7) is 0. The highest BCUT2D eigenvalue weighted by atomic mass is 32.2. The fourth-order valence-corrected chi connectivity index (χ4v) is 3.46. The number of esters is 1. The molecule has 0 unspecified atom stereocenters. The first kappa shape index (κ1) is 14.8. The number of carbonyl (C=O) groups excluding carboxylic acids is 1. The monoisotopic (exact) mass is 300 g/mol. The Bertz CT molecular complexity index is 623. The molecule has 2 rings (SSSR count). The van der Waals surface area contributed by atoms with Crippen molar-refractivity contribution in [3.8, 4) is 0 Å². The van der Waals surface area contributed by atoms with Gasteiger partial charge >= 0.3 is 5.97 Å². The number of nitrogens with one attached hydrogen (secondary N) is 1. The summed E-state index contributed by atoms with van der Waals surface area (Å²) < 4.78 is 31.5. The Morgan fingerprint density at radius 3 is 2.65 bits per heavy atom. The lowest BCUT2D eigenvalue weighted by atomic mass is 9.91. The third-order valence-electron chi connectivity index (χ3n) is 3.13. The van der Waals surface area contributed by atoms with Gasteiger partial charge in [0.25, 0.3) is 0 Å². The molecular formula is C12H16N2O5S. The maximum atomic E-state index is 12.3. The van der Waals surface area contributed by atoms with E-state index in [-0.39, 0.29) is 22.2 Å². The van der Waals surface area contributed by atoms with E-state index in [2.05, 4.69) is 9.46 Å². The van der Waals surface area contributed by atoms with Crippen LogP contribution in [-0.2, 0) is 14.8 Å². The molecule has 0 aliphatic heterocycles. The van der Waals surface area contributed by atoms with E-state index < -0.39 is 22.1 Å². The Morgan fingerprint density at radius 2 is 2.10 bits per heavy atom. The van der Waals surface area contributed by atoms with Gasteiger partial charge in [0, 0.05) is 11.7 Å². The van der Waals surface area contributed by atoms with E-state index in [9.17, 15) is 18.3 Å². The van der Waals surface area contributed by atoms with Crippen LogP contribution in [0.1, 0.15) is 23.2 Å². The van der Waals surface area contributed by atoms with Crippen LogP contribution in [0.4, 0.5) is 5.69 Å². The average molecular weight is 300 g/mol. The number of hydrogen-bond donors (Lipinski definition) is 3. The summed E-state index contributed by atoms with van der Waals surface area (Å²) in [7, 11) is -2.70. The van der Waals surface area contributed by atoms with Crippen LogP contribution in [0.15, 0.2) is 23.1 Å². The molecule has 4 N–H and O–H groups in total. The highest BCUT2D eigenvalue weighted by Crippen LogP contribution is 2.24. The van der Waals surface area contributed by atoms with Crippen LogP contribution in [0.5, 0.6) is 0 Å². The van der Waals surface area contributed by atoms with Gasteiger partial charge in [0.15, 0.2) is 0 Å². The molecule has 0 bridgehead atoms. The zero-order valence-corrected chi connectivity index (χ0v) is 11.7. The Morgan fingerprint density at radius 1 is 1.45 bits per heavy atom. The van der Waals surface area contributed by atoms with Crippen molar-refractivity contribution >= 4 is 21.7 Å². The highest BCUT2D eigenvalue weighted by molar-refractivity contribution is 7.89. The second kappa shape index (κ2) is 5.39. The molecule has 0 amide bonds. The number of aliphatic hydroxyl groups excluding tert-OH is 1. The summed E-state index contributed by atoms with van der Waals surface area (Å²) in [4.78, 5) is 11.5. The number of rotatable bonds is 4. The van der Waals surface area contributed by atoms with Crippen LogP contribution in [0, 0.1) is 0 Å². The summed E-state index contributed by atoms with van der Waals surface area (Å²) in [5, 5.41) is 9.18. The molecule has 20 heavy (non-hydrogen) atoms. The van der Waals surface area contributed by atoms with Crippen LogP contribution < -0.4 is 10.5 Å². The summed E-state index contributed by atoms with van der Waals surface area (Å²) in [6, 6.07) is 3.60. The number of methoxy groups -OCH3 is 1. The van der Waals surface area contributed by atoms with Crippen molar-refractivity contribution in [3.05, 3.63) is 23.8 Å². The van der Waals surface area contributed by atoms with Gasteiger partial charge < -0.3 is 15.6 Å². The lowest BCUT2D eigenvalue weighted by Gasteiger charge is -2.31. The molecule has 1 aliphatic carbocycles. The smallest absolute Gasteiger partial charge is 0.339 e. The van der Waals surface area contributed by atoms with Crippen molar-refractivity contribution < 1.29 is 23.1 Å². The molecule has 1 fully saturated rings. The number of carbonyl (C=O) groups is 1. The maximum Gasteiger partial charge on any atom is 0.339 e. The van der Waals surface area contributed by atoms with E-state index in [1.54, 1.807) is 0 Å². The number of aliphatic hydroxyl groups is 1. The number of sulfonamides is 1. The van der Waals surface area contributed by atoms with Crippen molar-refractivity contribution in [3.63, 3.8) is 0 Å². The Hall–Kier alpha value is -1.64. The largest absolute Gasteiger partial charge is 0.465 e. The van der Waals surface area contributed by atoms with Crippen LogP contribution in [0.3, 0.4) is 0 Å². The number of nitrogen functional groups attached to an aromatic ring is 1. The molecule has 0 aromatic heterocycles. The molecule has 0 spiro atoms. The second-order valence-electron chi connectivity index (χ2n) is 4.69. The predicted molar refractivity (Wildman–Crippen MR) is 71.5 cm³/mol. The number of ether oxygens (including phenoxy) is 1. The van der Waals surface area contributed by atoms with E-state index in [4.69, 9.17) is 5.73 Å². The van der Waals surface area contributed by atoms with Crippen LogP contribution in [0.2, 0.25) is 0 Å². The van der Waals surface area contributed by atoms with Crippen LogP contribution in [0.25, 0.3) is 0 Å². The minimum Gasteiger partial charge on any atom is -0.465 e. The molecule has 0 heterocycles. The number of nitrogens with two attached hydrogens (primary N) is 1. The molecule has 1 aromatic rings. The molecule has 8 heteroatoms. The first-order valence-corrected chi connectivity index (χ1v) is 7.50. The van der Waals surface area contributed by atoms with Crippen LogP contribution in [-0.4, -0.2) is 38.7 Å². The zero-order chi connectivity index (χ0) is 14.9. The normalized spacial score (nSPS) is 22.1. The van der Waals surface area contributed by atoms with Crippen molar-refractivity contribution in [1.82, 2.24) is 4.72 Å². The Labute approximate surface area is 116 Å². The average Bonchev–Trinajstić information content (AvgIpc) is 2.35. The van der Waals surface area contributed by atoms with E-state index >= 15 is 0 Å². The molecule has 1 aromatic carbocycles. The minimum absolute atomic E-state index is 0.111. The highest BCUT2D eigenvalue weighted by Gasteiger charge is 2.33. The third kappa shape index (κ3) is 2.92. The van der Waals surface area contributed by atoms with Gasteiger partial charge in [0.1, 0.15) is 0 Å². The van der Waals surface area contributed by atoms with Crippen molar-refractivity contribution in [1.29, 1.82) is 0 Å². The van der Waals surface area contributed by atoms with Gasteiger partial charge in [-0.1, -0.05) is 0 Å². The van der Waals surface area contributed by atoms with Crippen molar-refractivity contribution in [2.45, 2.75) is 29.9 Å². The lowest BCUT2D eigenvalue weighted by molar-refractivity contribution is 0.0595. The zero-order valence-electron chi connectivity index (χ0n) is 10.9. The second-order valence-corrected chi connectivity index (χ2v) is 6.37. The first-order chi connectivity index (χ1) is 9.33. The molecule has 0 radical (unpaired) electrons. The number of benzene rings is 1. The lowest BCUT2D eigenvalue weighted by Crippen LogP contribution is -2.46. The molecule has 0 saturated heterocycles. The fraction of sp³-hybridized carbons (Fsp3) is 0.417. The van der Waals surface area contributed by atoms with Gasteiger partial charge in [-0.3, -0.25) is 0 Å². The predicted octanol–water partition coefficient (Wildman–Crippen LogP) is -0.143. The van der Waals surface area contributed by atoms with Gasteiger partial charge in [-0.2, -0.15) is 0 Å². The molecule has 110 valence electrons.